The minimum absolute atomic E-state index is 0.0459. The van der Waals surface area contributed by atoms with Crippen LogP contribution in [0.5, 0.6) is 0 Å². The van der Waals surface area contributed by atoms with E-state index >= 15 is 0 Å². The molecule has 0 nitrogen and oxygen atoms in total. The number of hydrogen-bond acceptors (Lipinski definition) is 1. The lowest BCUT2D eigenvalue weighted by atomic mass is 9.83. The van der Waals surface area contributed by atoms with Gasteiger partial charge in [0.2, 0.25) is 0 Å². The molecule has 20 heavy (non-hydrogen) atoms. The molecule has 0 heterocycles. The summed E-state index contributed by atoms with van der Waals surface area (Å²) in [7, 11) is 0. The molecule has 0 radical (unpaired) electrons. The lowest BCUT2D eigenvalue weighted by Crippen LogP contribution is -2.14. The third-order valence-corrected chi connectivity index (χ3v) is 4.09. The summed E-state index contributed by atoms with van der Waals surface area (Å²) in [6.45, 7) is 19.3. The highest BCUT2D eigenvalue weighted by Gasteiger charge is 2.19. The van der Waals surface area contributed by atoms with Crippen molar-refractivity contribution in [3.63, 3.8) is 0 Å². The summed E-state index contributed by atoms with van der Waals surface area (Å²) >= 11 is 4.69. The van der Waals surface area contributed by atoms with E-state index < -0.39 is 0 Å². The summed E-state index contributed by atoms with van der Waals surface area (Å²) in [6, 6.07) is 0. The second kappa shape index (κ2) is 8.56. The maximum atomic E-state index is 4.69. The molecule has 0 aliphatic carbocycles. The fourth-order valence-corrected chi connectivity index (χ4v) is 2.71. The van der Waals surface area contributed by atoms with Crippen LogP contribution in [0, 0.1) is 5.92 Å². The molecular weight excluding hydrogens is 260 g/mol. The van der Waals surface area contributed by atoms with Crippen LogP contribution in [-0.4, -0.2) is 4.75 Å². The molecule has 0 aliphatic heterocycles. The molecule has 1 heteroatoms. The molecular formula is C19H32S. The highest BCUT2D eigenvalue weighted by Crippen LogP contribution is 2.33. The highest BCUT2D eigenvalue weighted by molar-refractivity contribution is 7.81. The van der Waals surface area contributed by atoms with Gasteiger partial charge in [-0.25, -0.2) is 0 Å². The van der Waals surface area contributed by atoms with Gasteiger partial charge >= 0.3 is 0 Å². The number of thiol groups is 1. The Hall–Kier alpha value is -0.690. The van der Waals surface area contributed by atoms with Crippen molar-refractivity contribution in [2.24, 2.45) is 5.92 Å². The average molecular weight is 293 g/mol. The second-order valence-corrected chi connectivity index (χ2v) is 7.39. The Balaban J connectivity index is 5.56. The van der Waals surface area contributed by atoms with Crippen molar-refractivity contribution in [2.45, 2.75) is 66.1 Å². The van der Waals surface area contributed by atoms with Crippen molar-refractivity contribution in [3.8, 4) is 0 Å². The van der Waals surface area contributed by atoms with E-state index in [-0.39, 0.29) is 4.75 Å². The van der Waals surface area contributed by atoms with E-state index in [1.165, 1.54) is 22.3 Å². The minimum atomic E-state index is 0.0459. The van der Waals surface area contributed by atoms with Crippen molar-refractivity contribution in [1.82, 2.24) is 0 Å². The molecule has 0 N–H and O–H groups in total. The van der Waals surface area contributed by atoms with E-state index in [1.807, 2.05) is 6.08 Å². The van der Waals surface area contributed by atoms with E-state index in [2.05, 4.69) is 79.8 Å². The number of rotatable bonds is 7. The fourth-order valence-electron chi connectivity index (χ4n) is 2.52. The summed E-state index contributed by atoms with van der Waals surface area (Å²) in [5.74, 6) is 0.426. The number of hydrogen-bond donors (Lipinski definition) is 1. The Labute approximate surface area is 132 Å². The molecule has 0 aromatic heterocycles. The molecule has 0 amide bonds. The van der Waals surface area contributed by atoms with E-state index in [0.29, 0.717) is 5.92 Å². The third kappa shape index (κ3) is 6.17. The molecule has 0 fully saturated rings. The van der Waals surface area contributed by atoms with Crippen molar-refractivity contribution < 1.29 is 0 Å². The maximum Gasteiger partial charge on any atom is 0.0110 e. The lowest BCUT2D eigenvalue weighted by Gasteiger charge is -2.25. The van der Waals surface area contributed by atoms with Gasteiger partial charge < -0.3 is 0 Å². The Morgan fingerprint density at radius 3 is 2.20 bits per heavy atom. The molecule has 0 saturated carbocycles. The van der Waals surface area contributed by atoms with Gasteiger partial charge in [0, 0.05) is 10.7 Å². The third-order valence-electron chi connectivity index (χ3n) is 3.93. The van der Waals surface area contributed by atoms with Gasteiger partial charge in [-0.1, -0.05) is 69.2 Å². The largest absolute Gasteiger partial charge is 0.173 e. The number of allylic oxidation sites excluding steroid dienone is 7. The molecule has 0 aliphatic rings. The van der Waals surface area contributed by atoms with Crippen LogP contribution >= 0.6 is 12.6 Å². The summed E-state index contributed by atoms with van der Waals surface area (Å²) in [4.78, 5) is 0. The van der Waals surface area contributed by atoms with Crippen LogP contribution in [0.1, 0.15) is 61.3 Å². The molecule has 114 valence electrons. The van der Waals surface area contributed by atoms with Gasteiger partial charge in [0.1, 0.15) is 0 Å². The van der Waals surface area contributed by atoms with Crippen molar-refractivity contribution in [3.05, 3.63) is 47.1 Å². The molecule has 0 spiro atoms. The zero-order chi connectivity index (χ0) is 15.9. The first kappa shape index (κ1) is 19.3. The van der Waals surface area contributed by atoms with Gasteiger partial charge in [0.05, 0.1) is 0 Å². The second-order valence-electron chi connectivity index (χ2n) is 6.18. The van der Waals surface area contributed by atoms with E-state index in [1.54, 1.807) is 0 Å². The Bertz CT molecular complexity index is 414. The minimum Gasteiger partial charge on any atom is -0.173 e. The summed E-state index contributed by atoms with van der Waals surface area (Å²) in [6.07, 6.45) is 8.34. The smallest absolute Gasteiger partial charge is 0.0110 e. The quantitative estimate of drug-likeness (QED) is 0.308. The van der Waals surface area contributed by atoms with Gasteiger partial charge in [-0.15, -0.1) is 0 Å². The Morgan fingerprint density at radius 1 is 1.30 bits per heavy atom. The molecule has 0 aromatic rings. The first-order valence-electron chi connectivity index (χ1n) is 7.54. The van der Waals surface area contributed by atoms with E-state index in [9.17, 15) is 0 Å². The molecule has 0 rings (SSSR count). The van der Waals surface area contributed by atoms with Crippen LogP contribution in [0.4, 0.5) is 0 Å². The topological polar surface area (TPSA) is 0 Å². The standard InChI is InChI=1S/C19H32S/c1-9-12-18(14(4)10-2)16(6)15(5)17(11-3)13-19(7,8)20/h9-10,12,16,20H,1,11,13H2,2-8H3/b14-10-,17-15-,18-12+. The summed E-state index contributed by atoms with van der Waals surface area (Å²) in [5, 5.41) is 0. The zero-order valence-electron chi connectivity index (χ0n) is 14.4. The maximum absolute atomic E-state index is 4.69. The van der Waals surface area contributed by atoms with Gasteiger partial charge in [0.25, 0.3) is 0 Å². The highest BCUT2D eigenvalue weighted by atomic mass is 32.1. The van der Waals surface area contributed by atoms with Gasteiger partial charge in [-0.3, -0.25) is 0 Å². The SMILES string of the molecule is C=C/C=C(\C(C)=C/C)C(C)/C(C)=C(/CC)CC(C)(C)S. The van der Waals surface area contributed by atoms with Crippen molar-refractivity contribution >= 4 is 12.6 Å². The predicted octanol–water partition coefficient (Wildman–Crippen LogP) is 6.53. The van der Waals surface area contributed by atoms with Crippen molar-refractivity contribution in [2.75, 3.05) is 0 Å². The predicted molar refractivity (Wildman–Crippen MR) is 97.5 cm³/mol. The van der Waals surface area contributed by atoms with E-state index in [4.69, 9.17) is 0 Å². The van der Waals surface area contributed by atoms with Crippen LogP contribution in [0.25, 0.3) is 0 Å². The molecule has 1 unspecified atom stereocenters. The first-order valence-corrected chi connectivity index (χ1v) is 7.99. The molecule has 0 bridgehead atoms. The van der Waals surface area contributed by atoms with Crippen LogP contribution in [0.3, 0.4) is 0 Å². The van der Waals surface area contributed by atoms with Crippen molar-refractivity contribution in [1.29, 1.82) is 0 Å². The van der Waals surface area contributed by atoms with Gasteiger partial charge in [-0.05, 0) is 39.2 Å². The van der Waals surface area contributed by atoms with Gasteiger partial charge in [-0.2, -0.15) is 12.6 Å². The Morgan fingerprint density at radius 2 is 1.85 bits per heavy atom. The Kier molecular flexibility index (Phi) is 8.27. The molecule has 0 saturated heterocycles. The zero-order valence-corrected chi connectivity index (χ0v) is 15.3. The van der Waals surface area contributed by atoms with E-state index in [0.717, 1.165) is 12.8 Å². The summed E-state index contributed by atoms with van der Waals surface area (Å²) < 4.78 is 0.0459. The van der Waals surface area contributed by atoms with Crippen LogP contribution < -0.4 is 0 Å². The normalized spacial score (nSPS) is 16.8. The fraction of sp³-hybridized carbons (Fsp3) is 0.579. The summed E-state index contributed by atoms with van der Waals surface area (Å²) in [5.41, 5.74) is 5.69. The lowest BCUT2D eigenvalue weighted by molar-refractivity contribution is 0.667. The van der Waals surface area contributed by atoms with Crippen LogP contribution in [0.15, 0.2) is 47.1 Å². The molecule has 0 aromatic carbocycles. The monoisotopic (exact) mass is 292 g/mol. The van der Waals surface area contributed by atoms with Gasteiger partial charge in [0.15, 0.2) is 0 Å². The van der Waals surface area contributed by atoms with Crippen LogP contribution in [-0.2, 0) is 0 Å². The first-order chi connectivity index (χ1) is 9.17. The van der Waals surface area contributed by atoms with Crippen LogP contribution in [0.2, 0.25) is 0 Å². The average Bonchev–Trinajstić information content (AvgIpc) is 2.38. The molecule has 1 atom stereocenters.